The van der Waals surface area contributed by atoms with Gasteiger partial charge in [-0.05, 0) is 20.8 Å². The highest BCUT2D eigenvalue weighted by Gasteiger charge is 2.24. The molecule has 0 aromatic rings. The maximum Gasteiger partial charge on any atom is 0.240 e. The molecule has 1 atom stereocenters. The Bertz CT molecular complexity index is 195. The van der Waals surface area contributed by atoms with Crippen LogP contribution in [0.2, 0.25) is 0 Å². The molecule has 70 valence electrons. The summed E-state index contributed by atoms with van der Waals surface area (Å²) in [5.41, 5.74) is 9.41. The van der Waals surface area contributed by atoms with Crippen LogP contribution in [0.1, 0.15) is 20.8 Å². The molecule has 2 amide bonds. The number of rotatable bonds is 3. The van der Waals surface area contributed by atoms with Gasteiger partial charge in [0.25, 0.3) is 0 Å². The highest BCUT2D eigenvalue weighted by atomic mass is 16.2. The van der Waals surface area contributed by atoms with Crippen molar-refractivity contribution in [3.05, 3.63) is 0 Å². The molecular weight excluding hydrogens is 158 g/mol. The lowest BCUT2D eigenvalue weighted by molar-refractivity contribution is -0.129. The van der Waals surface area contributed by atoms with Crippen molar-refractivity contribution in [3.8, 4) is 0 Å². The molecule has 5 N–H and O–H groups in total. The van der Waals surface area contributed by atoms with E-state index in [9.17, 15) is 9.59 Å². The quantitative estimate of drug-likeness (QED) is 0.495. The molecule has 0 aliphatic rings. The van der Waals surface area contributed by atoms with Crippen LogP contribution in [-0.4, -0.2) is 23.4 Å². The minimum atomic E-state index is -0.982. The molecule has 0 saturated heterocycles. The largest absolute Gasteiger partial charge is 0.368 e. The van der Waals surface area contributed by atoms with Crippen LogP contribution in [0.3, 0.4) is 0 Å². The summed E-state index contributed by atoms with van der Waals surface area (Å²) in [7, 11) is 0. The van der Waals surface area contributed by atoms with Crippen molar-refractivity contribution in [1.82, 2.24) is 5.32 Å². The first-order valence-corrected chi connectivity index (χ1v) is 3.64. The molecule has 0 saturated carbocycles. The maximum atomic E-state index is 11.1. The second-order valence-electron chi connectivity index (χ2n) is 3.32. The molecule has 0 aromatic heterocycles. The number of amides is 2. The predicted molar refractivity (Wildman–Crippen MR) is 45.1 cm³/mol. The van der Waals surface area contributed by atoms with E-state index in [2.05, 4.69) is 5.32 Å². The second-order valence-corrected chi connectivity index (χ2v) is 3.32. The molecule has 0 radical (unpaired) electrons. The van der Waals surface area contributed by atoms with Crippen molar-refractivity contribution in [1.29, 1.82) is 0 Å². The Kier molecular flexibility index (Phi) is 3.21. The fourth-order valence-electron chi connectivity index (χ4n) is 0.454. The van der Waals surface area contributed by atoms with E-state index in [1.165, 1.54) is 6.92 Å². The van der Waals surface area contributed by atoms with Gasteiger partial charge in [0.15, 0.2) is 0 Å². The molecular formula is C7H15N3O2. The Morgan fingerprint density at radius 1 is 1.42 bits per heavy atom. The molecule has 0 aliphatic carbocycles. The van der Waals surface area contributed by atoms with Crippen molar-refractivity contribution in [2.75, 3.05) is 0 Å². The van der Waals surface area contributed by atoms with Gasteiger partial charge in [-0.2, -0.15) is 0 Å². The minimum absolute atomic E-state index is 0.395. The van der Waals surface area contributed by atoms with E-state index in [1.54, 1.807) is 13.8 Å². The smallest absolute Gasteiger partial charge is 0.240 e. The van der Waals surface area contributed by atoms with Crippen molar-refractivity contribution < 1.29 is 9.59 Å². The molecule has 0 bridgehead atoms. The number of nitrogens with one attached hydrogen (secondary N) is 1. The van der Waals surface area contributed by atoms with Crippen LogP contribution in [0.5, 0.6) is 0 Å². The fourth-order valence-corrected chi connectivity index (χ4v) is 0.454. The first-order chi connectivity index (χ1) is 5.25. The van der Waals surface area contributed by atoms with E-state index in [-0.39, 0.29) is 0 Å². The summed E-state index contributed by atoms with van der Waals surface area (Å²) in [6.07, 6.45) is 0. The Labute approximate surface area is 71.5 Å². The third-order valence-corrected chi connectivity index (χ3v) is 1.36. The van der Waals surface area contributed by atoms with E-state index in [1.807, 2.05) is 0 Å². The van der Waals surface area contributed by atoms with Gasteiger partial charge >= 0.3 is 0 Å². The lowest BCUT2D eigenvalue weighted by atomic mass is 10.1. The van der Waals surface area contributed by atoms with Crippen molar-refractivity contribution in [3.63, 3.8) is 0 Å². The number of carbonyl (C=O) groups excluding carboxylic acids is 2. The van der Waals surface area contributed by atoms with Crippen LogP contribution in [0.25, 0.3) is 0 Å². The molecule has 5 heteroatoms. The summed E-state index contributed by atoms with van der Waals surface area (Å²) in [5, 5.41) is 2.38. The van der Waals surface area contributed by atoms with Crippen molar-refractivity contribution in [2.45, 2.75) is 32.4 Å². The monoisotopic (exact) mass is 173 g/mol. The third-order valence-electron chi connectivity index (χ3n) is 1.36. The normalized spacial score (nSPS) is 13.7. The van der Waals surface area contributed by atoms with Crippen molar-refractivity contribution >= 4 is 11.8 Å². The summed E-state index contributed by atoms with van der Waals surface area (Å²) in [4.78, 5) is 21.7. The minimum Gasteiger partial charge on any atom is -0.368 e. The predicted octanol–water partition coefficient (Wildman–Crippen LogP) is -1.29. The van der Waals surface area contributed by atoms with E-state index in [0.29, 0.717) is 0 Å². The van der Waals surface area contributed by atoms with E-state index in [0.717, 1.165) is 0 Å². The van der Waals surface area contributed by atoms with Gasteiger partial charge in [-0.15, -0.1) is 0 Å². The highest BCUT2D eigenvalue weighted by Crippen LogP contribution is 1.96. The van der Waals surface area contributed by atoms with Gasteiger partial charge in [-0.3, -0.25) is 9.59 Å². The van der Waals surface area contributed by atoms with Crippen LogP contribution in [0.15, 0.2) is 0 Å². The first-order valence-electron chi connectivity index (χ1n) is 3.64. The standard InChI is InChI=1S/C7H15N3O2/c1-4(5(8)11)10-6(12)7(2,3)9/h4H,9H2,1-3H3,(H2,8,11)(H,10,12). The molecule has 0 aliphatic heterocycles. The van der Waals surface area contributed by atoms with Gasteiger partial charge in [0.2, 0.25) is 11.8 Å². The van der Waals surface area contributed by atoms with Crippen LogP contribution in [0.4, 0.5) is 0 Å². The Morgan fingerprint density at radius 3 is 2.08 bits per heavy atom. The van der Waals surface area contributed by atoms with Gasteiger partial charge in [0, 0.05) is 0 Å². The number of nitrogens with two attached hydrogens (primary N) is 2. The first kappa shape index (κ1) is 10.9. The molecule has 0 fully saturated rings. The molecule has 1 unspecified atom stereocenters. The fraction of sp³-hybridized carbons (Fsp3) is 0.714. The van der Waals surface area contributed by atoms with Gasteiger partial charge in [0.1, 0.15) is 6.04 Å². The van der Waals surface area contributed by atoms with Crippen molar-refractivity contribution in [2.24, 2.45) is 11.5 Å². The number of primary amides is 1. The van der Waals surface area contributed by atoms with Gasteiger partial charge in [-0.1, -0.05) is 0 Å². The highest BCUT2D eigenvalue weighted by molar-refractivity contribution is 5.90. The Morgan fingerprint density at radius 2 is 1.83 bits per heavy atom. The zero-order chi connectivity index (χ0) is 9.94. The van der Waals surface area contributed by atoms with E-state index in [4.69, 9.17) is 11.5 Å². The summed E-state index contributed by atoms with van der Waals surface area (Å²) in [6.45, 7) is 4.61. The topological polar surface area (TPSA) is 98.2 Å². The summed E-state index contributed by atoms with van der Waals surface area (Å²) in [5.74, 6) is -0.971. The average Bonchev–Trinajstić information content (AvgIpc) is 1.85. The molecule has 0 heterocycles. The van der Waals surface area contributed by atoms with Crippen LogP contribution < -0.4 is 16.8 Å². The Balaban J connectivity index is 4.11. The maximum absolute atomic E-state index is 11.1. The summed E-state index contributed by atoms with van der Waals surface area (Å²) >= 11 is 0. The van der Waals surface area contributed by atoms with Gasteiger partial charge < -0.3 is 16.8 Å². The van der Waals surface area contributed by atoms with Gasteiger partial charge in [0.05, 0.1) is 5.54 Å². The zero-order valence-electron chi connectivity index (χ0n) is 7.55. The summed E-state index contributed by atoms with van der Waals surface area (Å²) in [6, 6.07) is -0.680. The lowest BCUT2D eigenvalue weighted by Crippen LogP contribution is -2.54. The number of hydrogen-bond acceptors (Lipinski definition) is 3. The Hall–Kier alpha value is -1.10. The lowest BCUT2D eigenvalue weighted by Gasteiger charge is -2.19. The molecule has 12 heavy (non-hydrogen) atoms. The molecule has 5 nitrogen and oxygen atoms in total. The third kappa shape index (κ3) is 3.34. The average molecular weight is 173 g/mol. The van der Waals surface area contributed by atoms with E-state index < -0.39 is 23.4 Å². The zero-order valence-corrected chi connectivity index (χ0v) is 7.55. The van der Waals surface area contributed by atoms with Crippen LogP contribution in [-0.2, 0) is 9.59 Å². The SMILES string of the molecule is CC(NC(=O)C(C)(C)N)C(N)=O. The second kappa shape index (κ2) is 3.53. The molecule has 0 spiro atoms. The number of carbonyl (C=O) groups is 2. The van der Waals surface area contributed by atoms with Crippen LogP contribution >= 0.6 is 0 Å². The number of hydrogen-bond donors (Lipinski definition) is 3. The van der Waals surface area contributed by atoms with E-state index >= 15 is 0 Å². The molecule has 0 aromatic carbocycles. The van der Waals surface area contributed by atoms with Gasteiger partial charge in [-0.25, -0.2) is 0 Å². The summed E-state index contributed by atoms with van der Waals surface area (Å²) < 4.78 is 0. The van der Waals surface area contributed by atoms with Crippen LogP contribution in [0, 0.1) is 0 Å². The molecule has 0 rings (SSSR count).